The summed E-state index contributed by atoms with van der Waals surface area (Å²) in [6.07, 6.45) is 0. The summed E-state index contributed by atoms with van der Waals surface area (Å²) in [5.74, 6) is 0.430. The molecule has 3 aromatic rings. The van der Waals surface area contributed by atoms with Gasteiger partial charge >= 0.3 is 0 Å². The number of fused-ring (bicyclic) bond motifs is 1. The van der Waals surface area contributed by atoms with E-state index in [4.69, 9.17) is 0 Å². The van der Waals surface area contributed by atoms with E-state index in [0.717, 1.165) is 0 Å². The molecule has 0 amide bonds. The summed E-state index contributed by atoms with van der Waals surface area (Å²) in [6, 6.07) is 27.0. The molecule has 0 aromatic heterocycles. The second kappa shape index (κ2) is 5.90. The fourth-order valence-corrected chi connectivity index (χ4v) is 4.85. The fraction of sp³-hybridized carbons (Fsp3) is 0.182. The monoisotopic (exact) mass is 316 g/mol. The van der Waals surface area contributed by atoms with Crippen LogP contribution < -0.4 is 0 Å². The highest BCUT2D eigenvalue weighted by molar-refractivity contribution is 8.00. The van der Waals surface area contributed by atoms with Gasteiger partial charge in [0, 0.05) is 16.1 Å². The molecule has 0 nitrogen and oxygen atoms in total. The van der Waals surface area contributed by atoms with Gasteiger partial charge in [-0.05, 0) is 36.6 Å². The molecular weight excluding hydrogens is 296 g/mol. The van der Waals surface area contributed by atoms with Gasteiger partial charge in [0.05, 0.1) is 0 Å². The van der Waals surface area contributed by atoms with Crippen molar-refractivity contribution < 1.29 is 0 Å². The van der Waals surface area contributed by atoms with E-state index in [9.17, 15) is 0 Å². The first-order valence-corrected chi connectivity index (χ1v) is 8.99. The molecule has 1 heteroatoms. The number of aryl methyl sites for hydroxylation is 2. The summed E-state index contributed by atoms with van der Waals surface area (Å²) in [6.45, 7) is 4.30. The van der Waals surface area contributed by atoms with Crippen molar-refractivity contribution in [3.05, 3.63) is 101 Å². The summed E-state index contributed by atoms with van der Waals surface area (Å²) < 4.78 is 0. The Morgan fingerprint density at radius 3 is 1.87 bits per heavy atom. The molecule has 0 radical (unpaired) electrons. The van der Waals surface area contributed by atoms with Crippen LogP contribution in [-0.4, -0.2) is 0 Å². The van der Waals surface area contributed by atoms with Gasteiger partial charge < -0.3 is 0 Å². The van der Waals surface area contributed by atoms with Crippen molar-refractivity contribution in [2.24, 2.45) is 0 Å². The Balaban J connectivity index is 1.82. The van der Waals surface area contributed by atoms with Crippen LogP contribution in [0.4, 0.5) is 0 Å². The minimum absolute atomic E-state index is 0.430. The van der Waals surface area contributed by atoms with Crippen LogP contribution in [-0.2, 0) is 0 Å². The van der Waals surface area contributed by atoms with E-state index in [1.165, 1.54) is 32.7 Å². The minimum Gasteiger partial charge on any atom is -0.117 e. The number of hydrogen-bond acceptors (Lipinski definition) is 1. The summed E-state index contributed by atoms with van der Waals surface area (Å²) in [7, 11) is 0. The summed E-state index contributed by atoms with van der Waals surface area (Å²) >= 11 is 2.00. The normalized spacial score (nSPS) is 19.6. The molecule has 0 aliphatic carbocycles. The Morgan fingerprint density at radius 1 is 0.652 bits per heavy atom. The van der Waals surface area contributed by atoms with Crippen LogP contribution in [0.5, 0.6) is 0 Å². The van der Waals surface area contributed by atoms with Crippen molar-refractivity contribution in [2.75, 3.05) is 0 Å². The van der Waals surface area contributed by atoms with Gasteiger partial charge in [-0.25, -0.2) is 0 Å². The van der Waals surface area contributed by atoms with Gasteiger partial charge in [-0.1, -0.05) is 77.9 Å². The van der Waals surface area contributed by atoms with Gasteiger partial charge in [-0.2, -0.15) is 0 Å². The molecule has 2 atom stereocenters. The molecule has 1 heterocycles. The fourth-order valence-electron chi connectivity index (χ4n) is 3.36. The van der Waals surface area contributed by atoms with Crippen LogP contribution in [0.3, 0.4) is 0 Å². The van der Waals surface area contributed by atoms with Crippen LogP contribution in [0, 0.1) is 13.8 Å². The topological polar surface area (TPSA) is 0 Å². The second-order valence-corrected chi connectivity index (χ2v) is 7.56. The van der Waals surface area contributed by atoms with E-state index in [2.05, 4.69) is 86.6 Å². The lowest BCUT2D eigenvalue weighted by Crippen LogP contribution is -2.05. The van der Waals surface area contributed by atoms with Gasteiger partial charge in [0.1, 0.15) is 0 Å². The number of benzene rings is 3. The number of thioether (sulfide) groups is 1. The zero-order valence-electron chi connectivity index (χ0n) is 13.5. The quantitative estimate of drug-likeness (QED) is 0.536. The van der Waals surface area contributed by atoms with Crippen LogP contribution in [0.1, 0.15) is 39.0 Å². The molecule has 0 saturated carbocycles. The SMILES string of the molecule is Cc1ccc(C2Sc3ccccc3C2c2ccc(C)cc2)cc1. The summed E-state index contributed by atoms with van der Waals surface area (Å²) in [5.41, 5.74) is 6.94. The van der Waals surface area contributed by atoms with Crippen LogP contribution in [0.15, 0.2) is 77.7 Å². The van der Waals surface area contributed by atoms with Crippen molar-refractivity contribution in [2.45, 2.75) is 29.9 Å². The van der Waals surface area contributed by atoms with Crippen molar-refractivity contribution >= 4 is 11.8 Å². The third-order valence-corrected chi connectivity index (χ3v) is 6.08. The molecule has 4 rings (SSSR count). The molecule has 23 heavy (non-hydrogen) atoms. The molecule has 114 valence electrons. The molecule has 0 saturated heterocycles. The molecule has 1 aliphatic heterocycles. The molecule has 0 spiro atoms. The lowest BCUT2D eigenvalue weighted by atomic mass is 9.85. The maximum atomic E-state index is 2.30. The van der Waals surface area contributed by atoms with E-state index in [1.54, 1.807) is 0 Å². The van der Waals surface area contributed by atoms with Crippen LogP contribution in [0.2, 0.25) is 0 Å². The van der Waals surface area contributed by atoms with E-state index in [0.29, 0.717) is 11.2 Å². The third kappa shape index (κ3) is 2.70. The summed E-state index contributed by atoms with van der Waals surface area (Å²) in [5, 5.41) is 0.454. The molecule has 3 aromatic carbocycles. The molecular formula is C22H20S. The predicted molar refractivity (Wildman–Crippen MR) is 99.2 cm³/mol. The zero-order valence-corrected chi connectivity index (χ0v) is 14.3. The molecule has 0 bridgehead atoms. The molecule has 0 fully saturated rings. The first-order chi connectivity index (χ1) is 11.2. The third-order valence-electron chi connectivity index (χ3n) is 4.65. The maximum absolute atomic E-state index is 2.30. The molecule has 1 aliphatic rings. The van der Waals surface area contributed by atoms with Gasteiger partial charge in [-0.3, -0.25) is 0 Å². The first-order valence-electron chi connectivity index (χ1n) is 8.11. The maximum Gasteiger partial charge on any atom is 0.0454 e. The van der Waals surface area contributed by atoms with E-state index < -0.39 is 0 Å². The Morgan fingerprint density at radius 2 is 1.22 bits per heavy atom. The number of hydrogen-bond donors (Lipinski definition) is 0. The van der Waals surface area contributed by atoms with E-state index >= 15 is 0 Å². The zero-order chi connectivity index (χ0) is 15.8. The highest BCUT2D eigenvalue weighted by Crippen LogP contribution is 2.56. The van der Waals surface area contributed by atoms with Gasteiger partial charge in [0.2, 0.25) is 0 Å². The molecule has 0 N–H and O–H groups in total. The van der Waals surface area contributed by atoms with E-state index in [1.807, 2.05) is 11.8 Å². The highest BCUT2D eigenvalue weighted by Gasteiger charge is 2.35. The Labute approximate surface area is 142 Å². The van der Waals surface area contributed by atoms with Crippen molar-refractivity contribution in [1.29, 1.82) is 0 Å². The Kier molecular flexibility index (Phi) is 3.74. The summed E-state index contributed by atoms with van der Waals surface area (Å²) in [4.78, 5) is 1.42. The van der Waals surface area contributed by atoms with Gasteiger partial charge in [0.25, 0.3) is 0 Å². The lowest BCUT2D eigenvalue weighted by Gasteiger charge is -2.21. The number of rotatable bonds is 2. The predicted octanol–water partition coefficient (Wildman–Crippen LogP) is 6.28. The average Bonchev–Trinajstić information content (AvgIpc) is 2.96. The van der Waals surface area contributed by atoms with Crippen molar-refractivity contribution in [3.8, 4) is 0 Å². The average molecular weight is 316 g/mol. The minimum atomic E-state index is 0.430. The Bertz CT molecular complexity index is 815. The van der Waals surface area contributed by atoms with E-state index in [-0.39, 0.29) is 0 Å². The van der Waals surface area contributed by atoms with Gasteiger partial charge in [0.15, 0.2) is 0 Å². The smallest absolute Gasteiger partial charge is 0.0454 e. The van der Waals surface area contributed by atoms with Crippen LogP contribution in [0.25, 0.3) is 0 Å². The first kappa shape index (κ1) is 14.6. The van der Waals surface area contributed by atoms with Crippen LogP contribution >= 0.6 is 11.8 Å². The van der Waals surface area contributed by atoms with Crippen molar-refractivity contribution in [1.82, 2.24) is 0 Å². The van der Waals surface area contributed by atoms with Crippen molar-refractivity contribution in [3.63, 3.8) is 0 Å². The molecule has 2 unspecified atom stereocenters. The Hall–Kier alpha value is -1.99. The highest BCUT2D eigenvalue weighted by atomic mass is 32.2. The second-order valence-electron chi connectivity index (χ2n) is 6.38. The lowest BCUT2D eigenvalue weighted by molar-refractivity contribution is 0.796. The largest absolute Gasteiger partial charge is 0.117 e. The standard InChI is InChI=1S/C22H20S/c1-15-7-11-17(12-8-15)21-19-5-3-4-6-20(19)23-22(21)18-13-9-16(2)10-14-18/h3-14,21-22H,1-2H3. The van der Waals surface area contributed by atoms with Gasteiger partial charge in [-0.15, -0.1) is 11.8 Å².